The molecule has 0 radical (unpaired) electrons. The van der Waals surface area contributed by atoms with Gasteiger partial charge in [-0.25, -0.2) is 0 Å². The minimum Gasteiger partial charge on any atom is -0.374 e. The van der Waals surface area contributed by atoms with Gasteiger partial charge in [0, 0.05) is 19.7 Å². The molecule has 0 bridgehead atoms. The fraction of sp³-hybridized carbons (Fsp3) is 0.900. The molecule has 4 nitrogen and oxygen atoms in total. The van der Waals surface area contributed by atoms with Gasteiger partial charge < -0.3 is 9.47 Å². The monoisotopic (exact) mass is 201 g/mol. The van der Waals surface area contributed by atoms with E-state index in [4.69, 9.17) is 9.47 Å². The lowest BCUT2D eigenvalue weighted by Crippen LogP contribution is -2.46. The van der Waals surface area contributed by atoms with Crippen LogP contribution in [0.4, 0.5) is 0 Å². The van der Waals surface area contributed by atoms with E-state index in [9.17, 15) is 4.79 Å². The highest BCUT2D eigenvalue weighted by Gasteiger charge is 2.25. The van der Waals surface area contributed by atoms with Gasteiger partial charge in [-0.1, -0.05) is 6.92 Å². The number of carbonyl (C=O) groups excluding carboxylic acids is 1. The Morgan fingerprint density at radius 1 is 1.57 bits per heavy atom. The van der Waals surface area contributed by atoms with E-state index in [-0.39, 0.29) is 18.5 Å². The Bertz CT molecular complexity index is 184. The fourth-order valence-corrected chi connectivity index (χ4v) is 1.48. The van der Waals surface area contributed by atoms with Crippen LogP contribution in [0.5, 0.6) is 0 Å². The average molecular weight is 201 g/mol. The van der Waals surface area contributed by atoms with Crippen molar-refractivity contribution in [2.45, 2.75) is 20.0 Å². The molecular weight excluding hydrogens is 182 g/mol. The Morgan fingerprint density at radius 2 is 2.36 bits per heavy atom. The normalized spacial score (nSPS) is 23.7. The number of hydrogen-bond acceptors (Lipinski definition) is 4. The largest absolute Gasteiger partial charge is 0.374 e. The number of nitrogens with zero attached hydrogens (tertiary/aromatic N) is 1. The van der Waals surface area contributed by atoms with Crippen molar-refractivity contribution in [2.24, 2.45) is 0 Å². The number of morpholine rings is 1. The number of Topliss-reactive ketones (excluding diaryl/α,β-unsaturated/α-hetero) is 1. The maximum absolute atomic E-state index is 11.5. The zero-order valence-electron chi connectivity index (χ0n) is 8.99. The highest BCUT2D eigenvalue weighted by molar-refractivity contribution is 5.84. The second-order valence-electron chi connectivity index (χ2n) is 3.36. The molecule has 1 fully saturated rings. The molecule has 1 aliphatic heterocycles. The third-order valence-electron chi connectivity index (χ3n) is 2.41. The summed E-state index contributed by atoms with van der Waals surface area (Å²) < 4.78 is 10.5. The van der Waals surface area contributed by atoms with Crippen LogP contribution in [0.15, 0.2) is 0 Å². The number of likely N-dealkylation sites (N-methyl/N-ethyl adjacent to an activating group) is 1. The van der Waals surface area contributed by atoms with E-state index in [1.165, 1.54) is 0 Å². The van der Waals surface area contributed by atoms with E-state index in [0.29, 0.717) is 19.8 Å². The van der Waals surface area contributed by atoms with Gasteiger partial charge in [-0.15, -0.1) is 0 Å². The van der Waals surface area contributed by atoms with Crippen molar-refractivity contribution in [3.8, 4) is 0 Å². The summed E-state index contributed by atoms with van der Waals surface area (Å²) in [5.74, 6) is 0.0602. The lowest BCUT2D eigenvalue weighted by Gasteiger charge is -2.31. The summed E-state index contributed by atoms with van der Waals surface area (Å²) in [6.07, 6.45) is -0.282. The molecule has 1 atom stereocenters. The molecule has 82 valence electrons. The Hall–Kier alpha value is -0.450. The van der Waals surface area contributed by atoms with Crippen molar-refractivity contribution in [3.05, 3.63) is 0 Å². The van der Waals surface area contributed by atoms with Crippen LogP contribution in [0.2, 0.25) is 0 Å². The summed E-state index contributed by atoms with van der Waals surface area (Å²) in [4.78, 5) is 13.8. The number of hydrogen-bond donors (Lipinski definition) is 0. The molecule has 14 heavy (non-hydrogen) atoms. The Morgan fingerprint density at radius 3 is 3.00 bits per heavy atom. The molecule has 0 aromatic heterocycles. The van der Waals surface area contributed by atoms with Gasteiger partial charge in [-0.2, -0.15) is 0 Å². The second kappa shape index (κ2) is 6.11. The molecule has 0 amide bonds. The molecule has 0 spiro atoms. The molecule has 1 unspecified atom stereocenters. The minimum absolute atomic E-state index is 0.0602. The molecular formula is C10H19NO3. The first-order valence-electron chi connectivity index (χ1n) is 5.22. The first-order chi connectivity index (χ1) is 6.77. The quantitative estimate of drug-likeness (QED) is 0.642. The summed E-state index contributed by atoms with van der Waals surface area (Å²) in [5.41, 5.74) is 0. The highest BCUT2D eigenvalue weighted by atomic mass is 16.5. The number of rotatable bonds is 5. The van der Waals surface area contributed by atoms with Crippen LogP contribution in [0.25, 0.3) is 0 Å². The van der Waals surface area contributed by atoms with Crippen LogP contribution in [-0.4, -0.2) is 56.2 Å². The lowest BCUT2D eigenvalue weighted by atomic mass is 10.2. The van der Waals surface area contributed by atoms with Gasteiger partial charge >= 0.3 is 0 Å². The van der Waals surface area contributed by atoms with Crippen LogP contribution >= 0.6 is 0 Å². The summed E-state index contributed by atoms with van der Waals surface area (Å²) in [5, 5.41) is 0. The van der Waals surface area contributed by atoms with Gasteiger partial charge in [0.15, 0.2) is 5.78 Å². The van der Waals surface area contributed by atoms with Crippen molar-refractivity contribution < 1.29 is 14.3 Å². The molecule has 1 aliphatic rings. The van der Waals surface area contributed by atoms with E-state index in [1.54, 1.807) is 0 Å². The van der Waals surface area contributed by atoms with E-state index in [0.717, 1.165) is 13.1 Å². The Balaban J connectivity index is 2.31. The van der Waals surface area contributed by atoms with Crippen molar-refractivity contribution in [1.82, 2.24) is 4.90 Å². The standard InChI is InChI=1S/C10H19NO3/c1-3-11-5-6-14-10(7-11)9(12)8-13-4-2/h10H,3-8H2,1-2H3. The van der Waals surface area contributed by atoms with Crippen molar-refractivity contribution in [3.63, 3.8) is 0 Å². The first-order valence-corrected chi connectivity index (χ1v) is 5.22. The zero-order chi connectivity index (χ0) is 10.4. The number of carbonyl (C=O) groups is 1. The lowest BCUT2D eigenvalue weighted by molar-refractivity contribution is -0.140. The molecule has 1 rings (SSSR count). The molecule has 0 aromatic rings. The molecule has 1 heterocycles. The molecule has 0 aliphatic carbocycles. The maximum atomic E-state index is 11.5. The van der Waals surface area contributed by atoms with E-state index in [1.807, 2.05) is 6.92 Å². The van der Waals surface area contributed by atoms with Crippen molar-refractivity contribution >= 4 is 5.78 Å². The smallest absolute Gasteiger partial charge is 0.188 e. The number of ketones is 1. The maximum Gasteiger partial charge on any atom is 0.188 e. The third kappa shape index (κ3) is 3.36. The summed E-state index contributed by atoms with van der Waals surface area (Å²) >= 11 is 0. The minimum atomic E-state index is -0.282. The van der Waals surface area contributed by atoms with Crippen LogP contribution < -0.4 is 0 Å². The van der Waals surface area contributed by atoms with Gasteiger partial charge in [-0.05, 0) is 13.5 Å². The molecule has 4 heteroatoms. The molecule has 1 saturated heterocycles. The highest BCUT2D eigenvalue weighted by Crippen LogP contribution is 2.05. The van der Waals surface area contributed by atoms with E-state index in [2.05, 4.69) is 11.8 Å². The zero-order valence-corrected chi connectivity index (χ0v) is 8.99. The summed E-state index contributed by atoms with van der Waals surface area (Å²) in [6.45, 7) is 7.99. The third-order valence-corrected chi connectivity index (χ3v) is 2.41. The van der Waals surface area contributed by atoms with E-state index < -0.39 is 0 Å². The summed E-state index contributed by atoms with van der Waals surface area (Å²) in [7, 11) is 0. The van der Waals surface area contributed by atoms with Crippen molar-refractivity contribution in [2.75, 3.05) is 39.5 Å². The Kier molecular flexibility index (Phi) is 5.07. The average Bonchev–Trinajstić information content (AvgIpc) is 2.26. The fourth-order valence-electron chi connectivity index (χ4n) is 1.48. The van der Waals surface area contributed by atoms with Crippen LogP contribution in [0.1, 0.15) is 13.8 Å². The SMILES string of the molecule is CCOCC(=O)C1CN(CC)CCO1. The van der Waals surface area contributed by atoms with Gasteiger partial charge in [-0.3, -0.25) is 9.69 Å². The van der Waals surface area contributed by atoms with Crippen LogP contribution in [-0.2, 0) is 14.3 Å². The molecule has 0 aromatic carbocycles. The molecule has 0 saturated carbocycles. The predicted molar refractivity (Wildman–Crippen MR) is 53.4 cm³/mol. The van der Waals surface area contributed by atoms with Crippen LogP contribution in [0.3, 0.4) is 0 Å². The topological polar surface area (TPSA) is 38.8 Å². The first kappa shape index (κ1) is 11.6. The summed E-state index contributed by atoms with van der Waals surface area (Å²) in [6, 6.07) is 0. The van der Waals surface area contributed by atoms with E-state index >= 15 is 0 Å². The Labute approximate surface area is 85.2 Å². The molecule has 0 N–H and O–H groups in total. The van der Waals surface area contributed by atoms with Crippen LogP contribution in [0, 0.1) is 0 Å². The van der Waals surface area contributed by atoms with Gasteiger partial charge in [0.1, 0.15) is 12.7 Å². The number of ether oxygens (including phenoxy) is 2. The predicted octanol–water partition coefficient (Wildman–Crippen LogP) is 0.313. The second-order valence-corrected chi connectivity index (χ2v) is 3.36. The van der Waals surface area contributed by atoms with Gasteiger partial charge in [0.2, 0.25) is 0 Å². The van der Waals surface area contributed by atoms with Gasteiger partial charge in [0.25, 0.3) is 0 Å². The van der Waals surface area contributed by atoms with Crippen molar-refractivity contribution in [1.29, 1.82) is 0 Å². The van der Waals surface area contributed by atoms with Gasteiger partial charge in [0.05, 0.1) is 6.61 Å².